The van der Waals surface area contributed by atoms with Gasteiger partial charge < -0.3 is 19.1 Å². The van der Waals surface area contributed by atoms with Gasteiger partial charge in [0.2, 0.25) is 0 Å². The molecule has 5 nitrogen and oxygen atoms in total. The van der Waals surface area contributed by atoms with Crippen LogP contribution in [0.1, 0.15) is 11.1 Å². The average Bonchev–Trinajstić information content (AvgIpc) is 2.66. The molecule has 0 amide bonds. The van der Waals surface area contributed by atoms with Crippen LogP contribution in [-0.2, 0) is 9.53 Å². The highest BCUT2D eigenvalue weighted by Gasteiger charge is 2.15. The number of halogens is 1. The molecule has 0 fully saturated rings. The number of carbonyl (C=O) groups is 1. The first kappa shape index (κ1) is 22.5. The molecule has 27 heavy (non-hydrogen) atoms. The topological polar surface area (TPSA) is 49.2 Å². The maximum Gasteiger partial charge on any atom is 0.338 e. The van der Waals surface area contributed by atoms with Gasteiger partial charge in [0.05, 0.1) is 33.9 Å². The fourth-order valence-corrected chi connectivity index (χ4v) is 2.32. The zero-order valence-corrected chi connectivity index (χ0v) is 17.0. The summed E-state index contributed by atoms with van der Waals surface area (Å²) < 4.78 is 15.8. The first-order chi connectivity index (χ1) is 12.5. The van der Waals surface area contributed by atoms with Crippen molar-refractivity contribution in [3.8, 4) is 11.5 Å². The van der Waals surface area contributed by atoms with E-state index in [2.05, 4.69) is 0 Å². The summed E-state index contributed by atoms with van der Waals surface area (Å²) in [4.78, 5) is 13.9. The minimum atomic E-state index is -0.341. The Morgan fingerprint density at radius 3 is 1.93 bits per heavy atom. The maximum absolute atomic E-state index is 12.7. The van der Waals surface area contributed by atoms with Gasteiger partial charge in [-0.1, -0.05) is 24.3 Å². The fourth-order valence-electron chi connectivity index (χ4n) is 2.32. The number of esters is 1. The molecule has 0 aliphatic carbocycles. The lowest BCUT2D eigenvalue weighted by Gasteiger charge is -2.11. The van der Waals surface area contributed by atoms with Crippen LogP contribution in [0.3, 0.4) is 0 Å². The highest BCUT2D eigenvalue weighted by molar-refractivity contribution is 6.21. The van der Waals surface area contributed by atoms with Crippen LogP contribution in [0.2, 0.25) is 0 Å². The number of benzene rings is 2. The Kier molecular flexibility index (Phi) is 9.40. The highest BCUT2D eigenvalue weighted by atomic mass is 35.5. The van der Waals surface area contributed by atoms with E-state index in [1.165, 1.54) is 4.90 Å². The van der Waals surface area contributed by atoms with Gasteiger partial charge in [-0.25, -0.2) is 4.79 Å². The first-order valence-corrected chi connectivity index (χ1v) is 8.50. The molecule has 0 unspecified atom stereocenters. The number of methoxy groups -OCH3 is 2. The summed E-state index contributed by atoms with van der Waals surface area (Å²) in [7, 11) is 7.27. The summed E-state index contributed by atoms with van der Waals surface area (Å²) in [6.45, 7) is 1.13. The molecule has 0 aliphatic rings. The monoisotopic (exact) mass is 392 g/mol. The van der Waals surface area contributed by atoms with Crippen molar-refractivity contribution in [2.45, 2.75) is 0 Å². The third-order valence-electron chi connectivity index (χ3n) is 3.88. The quantitative estimate of drug-likeness (QED) is 0.425. The van der Waals surface area contributed by atoms with Gasteiger partial charge in [-0.2, -0.15) is 0 Å². The van der Waals surface area contributed by atoms with E-state index in [1.807, 2.05) is 68.7 Å². The molecule has 0 atom stereocenters. The van der Waals surface area contributed by atoms with Gasteiger partial charge in [0.1, 0.15) is 24.7 Å². The Morgan fingerprint density at radius 2 is 1.44 bits per heavy atom. The molecule has 0 heterocycles. The Morgan fingerprint density at radius 1 is 0.926 bits per heavy atom. The minimum absolute atomic E-state index is 0. The van der Waals surface area contributed by atoms with E-state index in [0.29, 0.717) is 12.2 Å². The van der Waals surface area contributed by atoms with Crippen LogP contribution in [0.4, 0.5) is 0 Å². The van der Waals surface area contributed by atoms with Crippen LogP contribution < -0.4 is 14.4 Å². The Labute approximate surface area is 166 Å². The highest BCUT2D eigenvalue weighted by Crippen LogP contribution is 2.23. The lowest BCUT2D eigenvalue weighted by atomic mass is 10.0. The third kappa shape index (κ3) is 6.96. The van der Waals surface area contributed by atoms with Crippen molar-refractivity contribution in [1.29, 1.82) is 0 Å². The van der Waals surface area contributed by atoms with E-state index < -0.39 is 0 Å². The van der Waals surface area contributed by atoms with Crippen molar-refractivity contribution in [3.05, 3.63) is 59.7 Å². The van der Waals surface area contributed by atoms with E-state index in [1.54, 1.807) is 14.2 Å². The number of hydrogen-bond donors (Lipinski definition) is 1. The van der Waals surface area contributed by atoms with Gasteiger partial charge in [0.15, 0.2) is 0 Å². The molecule has 0 saturated carbocycles. The summed E-state index contributed by atoms with van der Waals surface area (Å²) in [5.74, 6) is 1.17. The van der Waals surface area contributed by atoms with E-state index in [0.717, 1.165) is 29.2 Å². The number of likely N-dealkylation sites (N-methyl/N-ethyl adjacent to an activating group) is 1. The summed E-state index contributed by atoms with van der Waals surface area (Å²) in [5, 5.41) is 0. The maximum atomic E-state index is 12.7. The molecule has 0 radical (unpaired) electrons. The van der Waals surface area contributed by atoms with Crippen LogP contribution in [-0.4, -0.2) is 47.4 Å². The van der Waals surface area contributed by atoms with Crippen LogP contribution in [0.15, 0.2) is 48.5 Å². The summed E-state index contributed by atoms with van der Waals surface area (Å²) in [5.41, 5.74) is 2.18. The summed E-state index contributed by atoms with van der Waals surface area (Å²) in [6.07, 6.45) is 1.83. The molecular weight excluding hydrogens is 366 g/mol. The van der Waals surface area contributed by atoms with Crippen molar-refractivity contribution in [2.75, 3.05) is 41.5 Å². The molecular formula is C21H27ClNO4+. The second-order valence-corrected chi connectivity index (χ2v) is 6.15. The van der Waals surface area contributed by atoms with Crippen molar-refractivity contribution >= 4 is 30.0 Å². The van der Waals surface area contributed by atoms with E-state index >= 15 is 0 Å². The summed E-state index contributed by atoms with van der Waals surface area (Å²) in [6, 6.07) is 14.9. The smallest absolute Gasteiger partial charge is 0.338 e. The zero-order valence-electron chi connectivity index (χ0n) is 16.2. The number of carbonyl (C=O) groups excluding carboxylic acids is 1. The standard InChI is InChI=1S/C21H25NO4.ClH/c1-22(2)13-14-26-21(23)20(17-7-11-19(25-4)12-8-17)15-16-5-9-18(24-3)10-6-16;/h5-12,15H,13-14H2,1-4H3;1H/p+1. The van der Waals surface area contributed by atoms with Gasteiger partial charge in [0, 0.05) is 0 Å². The van der Waals surface area contributed by atoms with Crippen molar-refractivity contribution in [1.82, 2.24) is 0 Å². The zero-order chi connectivity index (χ0) is 18.9. The Hall–Kier alpha value is -2.50. The largest absolute Gasteiger partial charge is 0.497 e. The van der Waals surface area contributed by atoms with Gasteiger partial charge in [-0.15, -0.1) is 12.4 Å². The predicted octanol–water partition coefficient (Wildman–Crippen LogP) is 2.35. The van der Waals surface area contributed by atoms with Crippen LogP contribution >= 0.6 is 12.4 Å². The second kappa shape index (κ2) is 11.3. The third-order valence-corrected chi connectivity index (χ3v) is 3.88. The summed E-state index contributed by atoms with van der Waals surface area (Å²) >= 11 is 0. The number of hydrogen-bond acceptors (Lipinski definition) is 4. The van der Waals surface area contributed by atoms with E-state index in [9.17, 15) is 4.79 Å². The molecule has 1 N–H and O–H groups in total. The molecule has 146 valence electrons. The molecule has 6 heteroatoms. The molecule has 0 spiro atoms. The van der Waals surface area contributed by atoms with E-state index in [4.69, 9.17) is 14.2 Å². The number of rotatable bonds is 8. The molecule has 0 aliphatic heterocycles. The number of quaternary nitrogens is 1. The van der Waals surface area contributed by atoms with Crippen LogP contribution in [0.5, 0.6) is 11.5 Å². The Balaban J connectivity index is 0.00000364. The molecule has 0 bridgehead atoms. The molecule has 2 aromatic rings. The SMILES string of the molecule is COc1ccc(C=C(C(=O)OCC[NH+](C)C)c2ccc(OC)cc2)cc1.Cl. The van der Waals surface area contributed by atoms with Gasteiger partial charge in [-0.05, 0) is 41.5 Å². The van der Waals surface area contributed by atoms with Crippen molar-refractivity contribution in [2.24, 2.45) is 0 Å². The van der Waals surface area contributed by atoms with Gasteiger partial charge in [-0.3, -0.25) is 0 Å². The van der Waals surface area contributed by atoms with E-state index in [-0.39, 0.29) is 18.4 Å². The van der Waals surface area contributed by atoms with Crippen LogP contribution in [0, 0.1) is 0 Å². The number of nitrogens with one attached hydrogen (secondary N) is 1. The van der Waals surface area contributed by atoms with Gasteiger partial charge in [0.25, 0.3) is 0 Å². The molecule has 2 rings (SSSR count). The van der Waals surface area contributed by atoms with Crippen LogP contribution in [0.25, 0.3) is 11.6 Å². The second-order valence-electron chi connectivity index (χ2n) is 6.15. The molecule has 0 saturated heterocycles. The lowest BCUT2D eigenvalue weighted by Crippen LogP contribution is -3.06. The predicted molar refractivity (Wildman–Crippen MR) is 110 cm³/mol. The average molecular weight is 393 g/mol. The number of ether oxygens (including phenoxy) is 3. The first-order valence-electron chi connectivity index (χ1n) is 8.50. The van der Waals surface area contributed by atoms with Gasteiger partial charge >= 0.3 is 5.97 Å². The fraction of sp³-hybridized carbons (Fsp3) is 0.286. The normalized spacial score (nSPS) is 10.9. The van der Waals surface area contributed by atoms with Crippen molar-refractivity contribution < 1.29 is 23.9 Å². The lowest BCUT2D eigenvalue weighted by molar-refractivity contribution is -0.858. The Bertz CT molecular complexity index is 740. The van der Waals surface area contributed by atoms with Crippen molar-refractivity contribution in [3.63, 3.8) is 0 Å². The minimum Gasteiger partial charge on any atom is -0.497 e. The molecule has 2 aromatic carbocycles. The molecule has 0 aromatic heterocycles.